The number of carbonyl (C=O) groups excluding carboxylic acids is 2. The van der Waals surface area contributed by atoms with Crippen LogP contribution in [0.3, 0.4) is 0 Å². The second kappa shape index (κ2) is 6.42. The average Bonchev–Trinajstić information content (AvgIpc) is 2.36. The number of allylic oxidation sites excluding steroid dienone is 1. The van der Waals surface area contributed by atoms with Crippen LogP contribution in [0.1, 0.15) is 32.6 Å². The predicted molar refractivity (Wildman–Crippen MR) is 63.2 cm³/mol. The van der Waals surface area contributed by atoms with Crippen LogP contribution >= 0.6 is 0 Å². The van der Waals surface area contributed by atoms with Gasteiger partial charge >= 0.3 is 11.9 Å². The van der Waals surface area contributed by atoms with Gasteiger partial charge < -0.3 is 9.47 Å². The summed E-state index contributed by atoms with van der Waals surface area (Å²) in [7, 11) is 2.53. The molecule has 0 amide bonds. The molecule has 1 aliphatic carbocycles. The highest BCUT2D eigenvalue weighted by atomic mass is 16.5. The summed E-state index contributed by atoms with van der Waals surface area (Å²) in [5, 5.41) is 0. The highest BCUT2D eigenvalue weighted by Crippen LogP contribution is 2.31. The summed E-state index contributed by atoms with van der Waals surface area (Å²) in [6, 6.07) is 0. The van der Waals surface area contributed by atoms with Gasteiger partial charge in [-0.3, -0.25) is 0 Å². The highest BCUT2D eigenvalue weighted by molar-refractivity contribution is 6.13. The van der Waals surface area contributed by atoms with Crippen molar-refractivity contribution in [2.45, 2.75) is 32.6 Å². The van der Waals surface area contributed by atoms with Gasteiger partial charge in [0.1, 0.15) is 5.57 Å². The van der Waals surface area contributed by atoms with Crippen molar-refractivity contribution < 1.29 is 19.1 Å². The Morgan fingerprint density at radius 3 is 2.06 bits per heavy atom. The average molecular weight is 240 g/mol. The lowest BCUT2D eigenvalue weighted by molar-refractivity contribution is -0.144. The van der Waals surface area contributed by atoms with Gasteiger partial charge in [-0.1, -0.05) is 32.3 Å². The monoisotopic (exact) mass is 240 g/mol. The number of esters is 2. The fraction of sp³-hybridized carbons (Fsp3) is 0.692. The van der Waals surface area contributed by atoms with Crippen LogP contribution in [0.2, 0.25) is 0 Å². The van der Waals surface area contributed by atoms with Gasteiger partial charge in [0, 0.05) is 0 Å². The van der Waals surface area contributed by atoms with Gasteiger partial charge in [0.15, 0.2) is 0 Å². The van der Waals surface area contributed by atoms with Crippen LogP contribution in [0.4, 0.5) is 0 Å². The maximum atomic E-state index is 11.5. The van der Waals surface area contributed by atoms with Gasteiger partial charge in [-0.25, -0.2) is 9.59 Å². The molecule has 4 heteroatoms. The van der Waals surface area contributed by atoms with Crippen molar-refractivity contribution in [2.75, 3.05) is 14.2 Å². The molecule has 4 nitrogen and oxygen atoms in total. The summed E-state index contributed by atoms with van der Waals surface area (Å²) >= 11 is 0. The third kappa shape index (κ3) is 3.58. The van der Waals surface area contributed by atoms with E-state index in [-0.39, 0.29) is 11.5 Å². The molecule has 2 atom stereocenters. The van der Waals surface area contributed by atoms with Crippen LogP contribution in [0, 0.1) is 11.8 Å². The molecule has 0 N–H and O–H groups in total. The molecule has 96 valence electrons. The van der Waals surface area contributed by atoms with Gasteiger partial charge in [-0.15, -0.1) is 0 Å². The molecule has 0 bridgehead atoms. The lowest BCUT2D eigenvalue weighted by atomic mass is 9.79. The Morgan fingerprint density at radius 2 is 1.59 bits per heavy atom. The summed E-state index contributed by atoms with van der Waals surface area (Å²) in [5.74, 6) is -0.478. The quantitative estimate of drug-likeness (QED) is 0.328. The first kappa shape index (κ1) is 13.7. The SMILES string of the molecule is COC(=O)C(=CC1CCCCC1C)C(=O)OC. The maximum Gasteiger partial charge on any atom is 0.344 e. The van der Waals surface area contributed by atoms with Gasteiger partial charge in [-0.2, -0.15) is 0 Å². The van der Waals surface area contributed by atoms with E-state index in [0.29, 0.717) is 5.92 Å². The van der Waals surface area contributed by atoms with E-state index in [9.17, 15) is 9.59 Å². The summed E-state index contributed by atoms with van der Waals surface area (Å²) in [4.78, 5) is 23.0. The molecule has 1 aliphatic rings. The molecule has 0 aliphatic heterocycles. The van der Waals surface area contributed by atoms with Crippen LogP contribution < -0.4 is 0 Å². The van der Waals surface area contributed by atoms with Crippen molar-refractivity contribution >= 4 is 11.9 Å². The number of carbonyl (C=O) groups is 2. The van der Waals surface area contributed by atoms with Crippen molar-refractivity contribution in [2.24, 2.45) is 11.8 Å². The fourth-order valence-corrected chi connectivity index (χ4v) is 2.25. The number of rotatable bonds is 3. The minimum absolute atomic E-state index is 0.0220. The number of hydrogen-bond donors (Lipinski definition) is 0. The van der Waals surface area contributed by atoms with E-state index >= 15 is 0 Å². The van der Waals surface area contributed by atoms with Crippen LogP contribution in [0.15, 0.2) is 11.6 Å². The molecular weight excluding hydrogens is 220 g/mol. The van der Waals surface area contributed by atoms with Crippen molar-refractivity contribution in [1.82, 2.24) is 0 Å². The molecule has 0 aromatic heterocycles. The minimum atomic E-state index is -0.616. The third-order valence-electron chi connectivity index (χ3n) is 3.37. The number of methoxy groups -OCH3 is 2. The maximum absolute atomic E-state index is 11.5. The smallest absolute Gasteiger partial charge is 0.344 e. The van der Waals surface area contributed by atoms with Crippen molar-refractivity contribution in [3.05, 3.63) is 11.6 Å². The first-order chi connectivity index (χ1) is 8.10. The Balaban J connectivity index is 2.87. The molecule has 2 unspecified atom stereocenters. The summed E-state index contributed by atoms with van der Waals surface area (Å²) < 4.78 is 9.21. The van der Waals surface area contributed by atoms with E-state index in [0.717, 1.165) is 19.3 Å². The Labute approximate surface area is 102 Å². The van der Waals surface area contributed by atoms with E-state index in [1.165, 1.54) is 20.6 Å². The van der Waals surface area contributed by atoms with E-state index < -0.39 is 11.9 Å². The van der Waals surface area contributed by atoms with E-state index in [2.05, 4.69) is 16.4 Å². The first-order valence-electron chi connectivity index (χ1n) is 5.98. The van der Waals surface area contributed by atoms with E-state index in [4.69, 9.17) is 0 Å². The third-order valence-corrected chi connectivity index (χ3v) is 3.37. The second-order valence-electron chi connectivity index (χ2n) is 4.49. The predicted octanol–water partition coefficient (Wildman–Crippen LogP) is 2.09. The van der Waals surface area contributed by atoms with Crippen molar-refractivity contribution in [3.63, 3.8) is 0 Å². The molecule has 0 spiro atoms. The molecular formula is C13H20O4. The molecule has 0 aromatic carbocycles. The lowest BCUT2D eigenvalue weighted by Crippen LogP contribution is -2.21. The van der Waals surface area contributed by atoms with Crippen LogP contribution in [0.25, 0.3) is 0 Å². The first-order valence-corrected chi connectivity index (χ1v) is 5.98. The fourth-order valence-electron chi connectivity index (χ4n) is 2.25. The van der Waals surface area contributed by atoms with Crippen LogP contribution in [0.5, 0.6) is 0 Å². The Bertz CT molecular complexity index is 301. The van der Waals surface area contributed by atoms with Gasteiger partial charge in [0.05, 0.1) is 14.2 Å². The van der Waals surface area contributed by atoms with Gasteiger partial charge in [0.25, 0.3) is 0 Å². The topological polar surface area (TPSA) is 52.6 Å². The second-order valence-corrected chi connectivity index (χ2v) is 4.49. The molecule has 0 aromatic rings. The zero-order valence-electron chi connectivity index (χ0n) is 10.7. The summed E-state index contributed by atoms with van der Waals surface area (Å²) in [6.07, 6.45) is 6.23. The molecule has 1 fully saturated rings. The summed E-state index contributed by atoms with van der Waals surface area (Å²) in [5.41, 5.74) is 0.0220. The minimum Gasteiger partial charge on any atom is -0.465 e. The summed E-state index contributed by atoms with van der Waals surface area (Å²) in [6.45, 7) is 2.15. The Hall–Kier alpha value is -1.32. The van der Waals surface area contributed by atoms with Gasteiger partial charge in [-0.05, 0) is 18.3 Å². The van der Waals surface area contributed by atoms with E-state index in [1.807, 2.05) is 0 Å². The molecule has 0 heterocycles. The highest BCUT2D eigenvalue weighted by Gasteiger charge is 2.25. The van der Waals surface area contributed by atoms with Crippen LogP contribution in [-0.4, -0.2) is 26.2 Å². The number of ether oxygens (including phenoxy) is 2. The zero-order chi connectivity index (χ0) is 12.8. The lowest BCUT2D eigenvalue weighted by Gasteiger charge is -2.26. The van der Waals surface area contributed by atoms with Gasteiger partial charge in [0.2, 0.25) is 0 Å². The standard InChI is InChI=1S/C13H20O4/c1-9-6-4-5-7-10(9)8-11(12(14)16-2)13(15)17-3/h8-10H,4-7H2,1-3H3. The van der Waals surface area contributed by atoms with Crippen molar-refractivity contribution in [1.29, 1.82) is 0 Å². The normalized spacial score (nSPS) is 23.7. The molecule has 1 saturated carbocycles. The van der Waals surface area contributed by atoms with Crippen LogP contribution in [-0.2, 0) is 19.1 Å². The largest absolute Gasteiger partial charge is 0.465 e. The Kier molecular flexibility index (Phi) is 5.19. The molecule has 0 radical (unpaired) electrons. The molecule has 1 rings (SSSR count). The van der Waals surface area contributed by atoms with E-state index in [1.54, 1.807) is 6.08 Å². The molecule has 17 heavy (non-hydrogen) atoms. The zero-order valence-corrected chi connectivity index (χ0v) is 10.7. The van der Waals surface area contributed by atoms with Crippen molar-refractivity contribution in [3.8, 4) is 0 Å². The molecule has 0 saturated heterocycles. The Morgan fingerprint density at radius 1 is 1.06 bits per heavy atom. The number of hydrogen-bond acceptors (Lipinski definition) is 4.